The first-order chi connectivity index (χ1) is 8.06. The zero-order valence-electron chi connectivity index (χ0n) is 10.8. The quantitative estimate of drug-likeness (QED) is 0.696. The van der Waals surface area contributed by atoms with Gasteiger partial charge < -0.3 is 15.4 Å². The molecule has 98 valence electrons. The molecular formula is C12H22N2O3. The average molecular weight is 242 g/mol. The van der Waals surface area contributed by atoms with Crippen molar-refractivity contribution in [3.8, 4) is 0 Å². The highest BCUT2D eigenvalue weighted by molar-refractivity contribution is 5.85. The molecule has 1 aliphatic rings. The van der Waals surface area contributed by atoms with Crippen molar-refractivity contribution in [1.82, 2.24) is 10.6 Å². The molecular weight excluding hydrogens is 220 g/mol. The molecule has 1 rings (SSSR count). The van der Waals surface area contributed by atoms with E-state index in [0.29, 0.717) is 0 Å². The first-order valence-electron chi connectivity index (χ1n) is 6.15. The van der Waals surface area contributed by atoms with Crippen LogP contribution >= 0.6 is 0 Å². The number of amides is 1. The third-order valence-electron chi connectivity index (χ3n) is 3.13. The van der Waals surface area contributed by atoms with Crippen molar-refractivity contribution in [3.63, 3.8) is 0 Å². The second kappa shape index (κ2) is 6.59. The molecule has 5 nitrogen and oxygen atoms in total. The molecule has 17 heavy (non-hydrogen) atoms. The van der Waals surface area contributed by atoms with E-state index in [2.05, 4.69) is 10.6 Å². The van der Waals surface area contributed by atoms with Gasteiger partial charge in [-0.15, -0.1) is 0 Å². The van der Waals surface area contributed by atoms with E-state index in [1.807, 2.05) is 13.8 Å². The molecule has 0 radical (unpaired) electrons. The third kappa shape index (κ3) is 4.00. The van der Waals surface area contributed by atoms with Crippen LogP contribution in [0.1, 0.15) is 26.7 Å². The molecule has 0 aromatic carbocycles. The fraction of sp³-hybridized carbons (Fsp3) is 0.833. The SMILES string of the molecule is COC(=O)[C@H](NC(=O)C1CCNCC1)C(C)C. The van der Waals surface area contributed by atoms with Crippen molar-refractivity contribution >= 4 is 11.9 Å². The number of carbonyl (C=O) groups is 2. The van der Waals surface area contributed by atoms with E-state index in [4.69, 9.17) is 4.74 Å². The van der Waals surface area contributed by atoms with Gasteiger partial charge in [0.2, 0.25) is 5.91 Å². The van der Waals surface area contributed by atoms with E-state index < -0.39 is 6.04 Å². The number of carbonyl (C=O) groups excluding carboxylic acids is 2. The molecule has 1 amide bonds. The second-order valence-corrected chi connectivity index (χ2v) is 4.78. The van der Waals surface area contributed by atoms with E-state index in [1.165, 1.54) is 7.11 Å². The molecule has 0 bridgehead atoms. The molecule has 1 saturated heterocycles. The zero-order chi connectivity index (χ0) is 12.8. The third-order valence-corrected chi connectivity index (χ3v) is 3.13. The number of esters is 1. The van der Waals surface area contributed by atoms with E-state index in [9.17, 15) is 9.59 Å². The zero-order valence-corrected chi connectivity index (χ0v) is 10.8. The molecule has 0 aliphatic carbocycles. The number of nitrogens with one attached hydrogen (secondary N) is 2. The summed E-state index contributed by atoms with van der Waals surface area (Å²) in [6.07, 6.45) is 1.66. The Labute approximate surface area is 102 Å². The van der Waals surface area contributed by atoms with Crippen molar-refractivity contribution < 1.29 is 14.3 Å². The average Bonchev–Trinajstić information content (AvgIpc) is 2.35. The Hall–Kier alpha value is -1.10. The number of methoxy groups -OCH3 is 1. The van der Waals surface area contributed by atoms with Crippen LogP contribution in [-0.4, -0.2) is 38.1 Å². The van der Waals surface area contributed by atoms with Gasteiger partial charge in [0, 0.05) is 5.92 Å². The maximum atomic E-state index is 12.0. The molecule has 5 heteroatoms. The lowest BCUT2D eigenvalue weighted by Crippen LogP contribution is -2.48. The summed E-state index contributed by atoms with van der Waals surface area (Å²) in [6, 6.07) is -0.539. The van der Waals surface area contributed by atoms with Crippen molar-refractivity contribution in [2.24, 2.45) is 11.8 Å². The summed E-state index contributed by atoms with van der Waals surface area (Å²) in [7, 11) is 1.34. The maximum Gasteiger partial charge on any atom is 0.328 e. The van der Waals surface area contributed by atoms with Gasteiger partial charge in [0.25, 0.3) is 0 Å². The van der Waals surface area contributed by atoms with E-state index >= 15 is 0 Å². The Balaban J connectivity index is 2.54. The van der Waals surface area contributed by atoms with Crippen molar-refractivity contribution in [2.45, 2.75) is 32.7 Å². The van der Waals surface area contributed by atoms with Gasteiger partial charge in [-0.05, 0) is 31.8 Å². The Morgan fingerprint density at radius 2 is 1.88 bits per heavy atom. The molecule has 1 fully saturated rings. The van der Waals surface area contributed by atoms with E-state index in [0.717, 1.165) is 25.9 Å². The van der Waals surface area contributed by atoms with Gasteiger partial charge in [-0.2, -0.15) is 0 Å². The van der Waals surface area contributed by atoms with Crippen LogP contribution in [0, 0.1) is 11.8 Å². The van der Waals surface area contributed by atoms with Crippen LogP contribution in [0.2, 0.25) is 0 Å². The molecule has 0 unspecified atom stereocenters. The molecule has 2 N–H and O–H groups in total. The summed E-state index contributed by atoms with van der Waals surface area (Å²) >= 11 is 0. The predicted molar refractivity (Wildman–Crippen MR) is 64.4 cm³/mol. The standard InChI is InChI=1S/C12H22N2O3/c1-8(2)10(12(16)17-3)14-11(15)9-4-6-13-7-5-9/h8-10,13H,4-7H2,1-3H3,(H,14,15)/t10-/m1/s1. The van der Waals surface area contributed by atoms with Crippen LogP contribution in [-0.2, 0) is 14.3 Å². The highest BCUT2D eigenvalue weighted by atomic mass is 16.5. The largest absolute Gasteiger partial charge is 0.467 e. The van der Waals surface area contributed by atoms with E-state index in [-0.39, 0.29) is 23.7 Å². The van der Waals surface area contributed by atoms with Crippen LogP contribution in [0.25, 0.3) is 0 Å². The van der Waals surface area contributed by atoms with Crippen LogP contribution < -0.4 is 10.6 Å². The van der Waals surface area contributed by atoms with Crippen molar-refractivity contribution in [3.05, 3.63) is 0 Å². The first kappa shape index (κ1) is 14.0. The summed E-state index contributed by atoms with van der Waals surface area (Å²) in [5.74, 6) is -0.354. The minimum Gasteiger partial charge on any atom is -0.467 e. The predicted octanol–water partition coefficient (Wildman–Crippen LogP) is 0.300. The smallest absolute Gasteiger partial charge is 0.328 e. The highest BCUT2D eigenvalue weighted by Crippen LogP contribution is 2.13. The summed E-state index contributed by atoms with van der Waals surface area (Å²) in [6.45, 7) is 5.51. The lowest BCUT2D eigenvalue weighted by molar-refractivity contribution is -0.147. The minimum absolute atomic E-state index is 0.0159. The van der Waals surface area contributed by atoms with Crippen LogP contribution in [0.5, 0.6) is 0 Å². The van der Waals surface area contributed by atoms with Crippen molar-refractivity contribution in [2.75, 3.05) is 20.2 Å². The van der Waals surface area contributed by atoms with Gasteiger partial charge in [0.05, 0.1) is 7.11 Å². The summed E-state index contributed by atoms with van der Waals surface area (Å²) in [5, 5.41) is 6.00. The number of hydrogen-bond donors (Lipinski definition) is 2. The second-order valence-electron chi connectivity index (χ2n) is 4.78. The molecule has 0 saturated carbocycles. The lowest BCUT2D eigenvalue weighted by atomic mass is 9.95. The van der Waals surface area contributed by atoms with Crippen molar-refractivity contribution in [1.29, 1.82) is 0 Å². The number of rotatable bonds is 4. The molecule has 0 aromatic heterocycles. The molecule has 0 aromatic rings. The van der Waals surface area contributed by atoms with Gasteiger partial charge in [-0.25, -0.2) is 4.79 Å². The van der Waals surface area contributed by atoms with Gasteiger partial charge in [0.1, 0.15) is 6.04 Å². The fourth-order valence-electron chi connectivity index (χ4n) is 1.98. The number of hydrogen-bond acceptors (Lipinski definition) is 4. The maximum absolute atomic E-state index is 12.0. The van der Waals surface area contributed by atoms with Gasteiger partial charge in [0.15, 0.2) is 0 Å². The Morgan fingerprint density at radius 1 is 1.29 bits per heavy atom. The molecule has 1 heterocycles. The van der Waals surface area contributed by atoms with Crippen LogP contribution in [0.3, 0.4) is 0 Å². The van der Waals surface area contributed by atoms with Crippen LogP contribution in [0.4, 0.5) is 0 Å². The number of ether oxygens (including phenoxy) is 1. The van der Waals surface area contributed by atoms with Crippen LogP contribution in [0.15, 0.2) is 0 Å². The lowest BCUT2D eigenvalue weighted by Gasteiger charge is -2.25. The van der Waals surface area contributed by atoms with E-state index in [1.54, 1.807) is 0 Å². The summed E-state index contributed by atoms with van der Waals surface area (Å²) in [5.41, 5.74) is 0. The fourth-order valence-corrected chi connectivity index (χ4v) is 1.98. The molecule has 1 atom stereocenters. The van der Waals surface area contributed by atoms with Gasteiger partial charge in [-0.3, -0.25) is 4.79 Å². The monoisotopic (exact) mass is 242 g/mol. The van der Waals surface area contributed by atoms with Gasteiger partial charge in [-0.1, -0.05) is 13.8 Å². The number of piperidine rings is 1. The Morgan fingerprint density at radius 3 is 2.35 bits per heavy atom. The summed E-state index contributed by atoms with van der Waals surface area (Å²) in [4.78, 5) is 23.5. The minimum atomic E-state index is -0.539. The Bertz CT molecular complexity index is 273. The topological polar surface area (TPSA) is 67.4 Å². The normalized spacial score (nSPS) is 18.8. The summed E-state index contributed by atoms with van der Waals surface area (Å²) < 4.78 is 4.70. The Kier molecular flexibility index (Phi) is 5.41. The molecule has 0 spiro atoms. The van der Waals surface area contributed by atoms with Gasteiger partial charge >= 0.3 is 5.97 Å². The molecule has 1 aliphatic heterocycles. The highest BCUT2D eigenvalue weighted by Gasteiger charge is 2.28. The first-order valence-corrected chi connectivity index (χ1v) is 6.15.